The Kier molecular flexibility index (Phi) is 26.9. The van der Waals surface area contributed by atoms with E-state index in [0.717, 1.165) is 63.4 Å². The van der Waals surface area contributed by atoms with Gasteiger partial charge in [0.25, 0.3) is 0 Å². The third kappa shape index (κ3) is 27.1. The van der Waals surface area contributed by atoms with Gasteiger partial charge in [-0.15, -0.1) is 0 Å². The molecule has 0 aliphatic carbocycles. The minimum atomic E-state index is -1.45. The highest BCUT2D eigenvalue weighted by Gasteiger charge is 2.44. The van der Waals surface area contributed by atoms with E-state index in [9.17, 15) is 46.0 Å². The fraction of sp³-hybridized carbons (Fsp3) is 0.843. The Labute approximate surface area is 377 Å². The fourth-order valence-corrected chi connectivity index (χ4v) is 8.33. The van der Waals surface area contributed by atoms with Crippen molar-refractivity contribution >= 4 is 0 Å². The van der Waals surface area contributed by atoms with Crippen LogP contribution in [0.15, 0.2) is 46.6 Å². The number of allylic oxidation sites excluding steroid dienone is 7. The quantitative estimate of drug-likeness (QED) is 0.0286. The molecular weight excluding hydrogens is 789 g/mol. The van der Waals surface area contributed by atoms with E-state index in [1.165, 1.54) is 16.7 Å². The normalized spacial score (nSPS) is 25.3. The van der Waals surface area contributed by atoms with E-state index in [2.05, 4.69) is 45.9 Å². The zero-order valence-electron chi connectivity index (χ0n) is 40.8. The van der Waals surface area contributed by atoms with Crippen molar-refractivity contribution in [2.75, 3.05) is 13.2 Å². The summed E-state index contributed by atoms with van der Waals surface area (Å²) in [5.74, 6) is 0. The third-order valence-corrected chi connectivity index (χ3v) is 12.8. The number of hydrogen-bond donors (Lipinski definition) is 9. The van der Waals surface area contributed by atoms with Gasteiger partial charge in [-0.3, -0.25) is 0 Å². The highest BCUT2D eigenvalue weighted by molar-refractivity contribution is 5.06. The van der Waals surface area contributed by atoms with Gasteiger partial charge in [-0.2, -0.15) is 0 Å². The molecule has 1 heterocycles. The lowest BCUT2D eigenvalue weighted by atomic mass is 9.84. The van der Waals surface area contributed by atoms with Crippen LogP contribution in [0, 0.1) is 0 Å². The summed E-state index contributed by atoms with van der Waals surface area (Å²) < 4.78 is 10.9. The van der Waals surface area contributed by atoms with Gasteiger partial charge in [0.2, 0.25) is 0 Å². The first-order valence-electron chi connectivity index (χ1n) is 23.8. The Morgan fingerprint density at radius 1 is 0.468 bits per heavy atom. The van der Waals surface area contributed by atoms with Crippen LogP contribution in [0.4, 0.5) is 0 Å². The Morgan fingerprint density at radius 3 is 1.24 bits per heavy atom. The topological polar surface area (TPSA) is 201 Å². The number of hydrogen-bond acceptors (Lipinski definition) is 11. The summed E-state index contributed by atoms with van der Waals surface area (Å²) >= 11 is 0. The molecule has 62 heavy (non-hydrogen) atoms. The van der Waals surface area contributed by atoms with Gasteiger partial charge in [0, 0.05) is 0 Å². The van der Waals surface area contributed by atoms with Crippen molar-refractivity contribution in [3.63, 3.8) is 0 Å². The minimum Gasteiger partial charge on any atom is -0.394 e. The highest BCUT2D eigenvalue weighted by Crippen LogP contribution is 2.31. The van der Waals surface area contributed by atoms with E-state index in [1.54, 1.807) is 0 Å². The van der Waals surface area contributed by atoms with E-state index < -0.39 is 65.3 Å². The predicted molar refractivity (Wildman–Crippen MR) is 250 cm³/mol. The number of aliphatic hydroxyl groups is 9. The van der Waals surface area contributed by atoms with Crippen molar-refractivity contribution in [1.82, 2.24) is 0 Å². The zero-order valence-corrected chi connectivity index (χ0v) is 40.8. The summed E-state index contributed by atoms with van der Waals surface area (Å²) in [6.45, 7) is 19.4. The fourth-order valence-electron chi connectivity index (χ4n) is 8.33. The first-order chi connectivity index (χ1) is 28.7. The molecular formula is C51H94O11. The van der Waals surface area contributed by atoms with Crippen LogP contribution in [0.2, 0.25) is 0 Å². The van der Waals surface area contributed by atoms with Crippen LogP contribution in [0.1, 0.15) is 204 Å². The Balaban J connectivity index is 2.28. The summed E-state index contributed by atoms with van der Waals surface area (Å²) in [4.78, 5) is 0. The molecule has 11 heteroatoms. The average molecular weight is 883 g/mol. The van der Waals surface area contributed by atoms with Gasteiger partial charge in [-0.05, 0) is 204 Å². The molecule has 0 bridgehead atoms. The summed E-state index contributed by atoms with van der Waals surface area (Å²) in [6, 6.07) is 0. The monoisotopic (exact) mass is 883 g/mol. The lowest BCUT2D eigenvalue weighted by molar-refractivity contribution is -0.298. The summed E-state index contributed by atoms with van der Waals surface area (Å²) in [5, 5.41) is 94.1. The smallest absolute Gasteiger partial charge is 0.187 e. The molecule has 1 saturated heterocycles. The SMILES string of the molecule is CC(C)=CCC[C@](C)(O)CCC[C@](C)(O)CCC[C@](C)(O)CCC[C@@](C)(O)CCC[C@@](C)(O)CCC/C(C)=C/CC/C(C)=C/CC/C(C)=C/CO[C@H]1O[C@H](CO)[C@@H](O)[C@H](O)[C@@H]1O. The lowest BCUT2D eigenvalue weighted by Gasteiger charge is -2.39. The van der Waals surface area contributed by atoms with Crippen LogP contribution < -0.4 is 0 Å². The van der Waals surface area contributed by atoms with Crippen LogP contribution >= 0.6 is 0 Å². The molecule has 0 spiro atoms. The molecule has 0 aromatic rings. The molecule has 0 radical (unpaired) electrons. The average Bonchev–Trinajstić information content (AvgIpc) is 3.13. The molecule has 10 atom stereocenters. The molecule has 1 aliphatic rings. The van der Waals surface area contributed by atoms with E-state index in [-0.39, 0.29) is 6.61 Å². The van der Waals surface area contributed by atoms with E-state index in [0.29, 0.717) is 77.0 Å². The molecule has 0 aromatic carbocycles. The van der Waals surface area contributed by atoms with Gasteiger partial charge in [0.15, 0.2) is 6.29 Å². The largest absolute Gasteiger partial charge is 0.394 e. The van der Waals surface area contributed by atoms with Crippen molar-refractivity contribution < 1.29 is 55.4 Å². The second kappa shape index (κ2) is 28.5. The van der Waals surface area contributed by atoms with Crippen molar-refractivity contribution in [1.29, 1.82) is 0 Å². The summed E-state index contributed by atoms with van der Waals surface area (Å²) in [7, 11) is 0. The maximum Gasteiger partial charge on any atom is 0.187 e. The Bertz CT molecular complexity index is 1350. The van der Waals surface area contributed by atoms with Gasteiger partial charge < -0.3 is 55.4 Å². The maximum atomic E-state index is 11.1. The van der Waals surface area contributed by atoms with Crippen molar-refractivity contribution in [2.24, 2.45) is 0 Å². The highest BCUT2D eigenvalue weighted by atomic mass is 16.7. The van der Waals surface area contributed by atoms with Gasteiger partial charge in [-0.1, -0.05) is 46.6 Å². The standard InChI is InChI=1S/C51H94O11/c1-38(2)19-13-26-47(6,56)28-15-30-49(8,58)32-17-34-51(10,60)35-18-33-50(9,59)31-16-29-48(7,57)27-14-24-40(4)22-11-20-39(3)21-12-23-41(5)25-36-61-46-45(55)44(54)43(53)42(37-52)62-46/h19,21-22,25,42-46,52-60H,11-18,20,23-24,26-37H2,1-10H3/b39-21+,40-22+,41-25+/t42-,43-,44+,45+,46+,47+,48+,49+,50+,51+/m1/s1. The van der Waals surface area contributed by atoms with E-state index in [4.69, 9.17) is 9.47 Å². The van der Waals surface area contributed by atoms with Gasteiger partial charge in [0.05, 0.1) is 41.2 Å². The van der Waals surface area contributed by atoms with Gasteiger partial charge >= 0.3 is 0 Å². The summed E-state index contributed by atoms with van der Waals surface area (Å²) in [6.07, 6.45) is 17.7. The molecule has 0 aromatic heterocycles. The number of rotatable bonds is 33. The molecule has 364 valence electrons. The van der Waals surface area contributed by atoms with Crippen LogP contribution in [0.5, 0.6) is 0 Å². The second-order valence-electron chi connectivity index (χ2n) is 20.8. The Hall–Kier alpha value is -1.48. The molecule has 11 nitrogen and oxygen atoms in total. The Morgan fingerprint density at radius 2 is 0.839 bits per heavy atom. The zero-order chi connectivity index (χ0) is 47.2. The van der Waals surface area contributed by atoms with E-state index >= 15 is 0 Å². The van der Waals surface area contributed by atoms with Gasteiger partial charge in [-0.25, -0.2) is 0 Å². The molecule has 0 amide bonds. The maximum absolute atomic E-state index is 11.1. The first-order valence-corrected chi connectivity index (χ1v) is 23.8. The molecule has 1 aliphatic heterocycles. The van der Waals surface area contributed by atoms with Crippen molar-refractivity contribution in [2.45, 2.75) is 263 Å². The third-order valence-electron chi connectivity index (χ3n) is 12.8. The lowest BCUT2D eigenvalue weighted by Crippen LogP contribution is -2.59. The van der Waals surface area contributed by atoms with Crippen LogP contribution in [0.25, 0.3) is 0 Å². The molecule has 0 unspecified atom stereocenters. The number of ether oxygens (including phenoxy) is 2. The molecule has 1 rings (SSSR count). The first kappa shape index (κ1) is 58.5. The van der Waals surface area contributed by atoms with E-state index in [1.807, 2.05) is 47.6 Å². The van der Waals surface area contributed by atoms with Gasteiger partial charge in [0.1, 0.15) is 24.4 Å². The van der Waals surface area contributed by atoms with Crippen molar-refractivity contribution in [3.05, 3.63) is 46.6 Å². The van der Waals surface area contributed by atoms with Crippen LogP contribution in [0.3, 0.4) is 0 Å². The molecule has 0 saturated carbocycles. The molecule has 9 N–H and O–H groups in total. The minimum absolute atomic E-state index is 0.173. The predicted octanol–water partition coefficient (Wildman–Crippen LogP) is 8.56. The second-order valence-corrected chi connectivity index (χ2v) is 20.8. The summed E-state index contributed by atoms with van der Waals surface area (Å²) in [5.41, 5.74) is 0.929. The van der Waals surface area contributed by atoms with Crippen LogP contribution in [-0.2, 0) is 9.47 Å². The van der Waals surface area contributed by atoms with Crippen molar-refractivity contribution in [3.8, 4) is 0 Å². The molecule has 1 fully saturated rings. The van der Waals surface area contributed by atoms with Crippen LogP contribution in [-0.4, -0.2) is 118 Å². The number of aliphatic hydroxyl groups excluding tert-OH is 4.